The largest absolute Gasteiger partial charge is 3.00 e. The predicted molar refractivity (Wildman–Crippen MR) is 169 cm³/mol. The minimum atomic E-state index is 0. The van der Waals surface area contributed by atoms with E-state index in [0.717, 1.165) is 47.2 Å². The quantitative estimate of drug-likeness (QED) is 0.166. The molecule has 6 aromatic rings. The van der Waals surface area contributed by atoms with Gasteiger partial charge in [-0.25, -0.2) is 0 Å². The van der Waals surface area contributed by atoms with E-state index in [-0.39, 0.29) is 20.1 Å². The first-order valence-electron chi connectivity index (χ1n) is 11.8. The zero-order valence-corrected chi connectivity index (χ0v) is 28.1. The van der Waals surface area contributed by atoms with Crippen LogP contribution in [0.5, 0.6) is 0 Å². The van der Waals surface area contributed by atoms with Crippen molar-refractivity contribution >= 4 is 47.8 Å². The number of hydrogen-bond acceptors (Lipinski definition) is 3. The van der Waals surface area contributed by atoms with Crippen molar-refractivity contribution < 1.29 is 20.1 Å². The van der Waals surface area contributed by atoms with Gasteiger partial charge in [0.1, 0.15) is 0 Å². The number of nitrogens with zero attached hydrogens (tertiary/aromatic N) is 3. The predicted octanol–water partition coefficient (Wildman–Crippen LogP) is 9.93. The summed E-state index contributed by atoms with van der Waals surface area (Å²) in [4.78, 5) is 12.7. The van der Waals surface area contributed by atoms with Crippen molar-refractivity contribution in [1.82, 2.24) is 15.0 Å². The summed E-state index contributed by atoms with van der Waals surface area (Å²) < 4.78 is 3.14. The van der Waals surface area contributed by atoms with Crippen LogP contribution < -0.4 is 0 Å². The molecule has 0 amide bonds. The first-order chi connectivity index (χ1) is 19.1. The second kappa shape index (κ2) is 17.1. The summed E-state index contributed by atoms with van der Waals surface area (Å²) >= 11 is 10.2. The summed E-state index contributed by atoms with van der Waals surface area (Å²) in [6, 6.07) is 44.4. The van der Waals surface area contributed by atoms with Gasteiger partial charge in [-0.05, 0) is 35.3 Å². The van der Waals surface area contributed by atoms with Crippen LogP contribution in [0.15, 0.2) is 141 Å². The molecule has 0 saturated carbocycles. The number of aromatic nitrogens is 3. The van der Waals surface area contributed by atoms with E-state index < -0.39 is 0 Å². The first kappa shape index (κ1) is 31.7. The molecule has 0 spiro atoms. The van der Waals surface area contributed by atoms with E-state index in [1.807, 2.05) is 109 Å². The Morgan fingerprint density at radius 2 is 0.725 bits per heavy atom. The fourth-order valence-corrected chi connectivity index (χ4v) is 4.41. The van der Waals surface area contributed by atoms with Crippen molar-refractivity contribution in [3.63, 3.8) is 0 Å². The van der Waals surface area contributed by atoms with Gasteiger partial charge >= 0.3 is 20.1 Å². The van der Waals surface area contributed by atoms with Gasteiger partial charge in [-0.3, -0.25) is 0 Å². The summed E-state index contributed by atoms with van der Waals surface area (Å²) in [6.07, 6.45) is 5.35. The average molecular weight is 891 g/mol. The summed E-state index contributed by atoms with van der Waals surface area (Å²) in [5.41, 5.74) is 5.87. The summed E-state index contributed by atoms with van der Waals surface area (Å²) in [6.45, 7) is 0. The van der Waals surface area contributed by atoms with Crippen molar-refractivity contribution in [1.29, 1.82) is 0 Å². The van der Waals surface area contributed by atoms with Gasteiger partial charge in [0.25, 0.3) is 0 Å². The molecule has 7 heteroatoms. The molecule has 3 nitrogen and oxygen atoms in total. The van der Waals surface area contributed by atoms with Gasteiger partial charge in [0.2, 0.25) is 0 Å². The number of halogens is 3. The summed E-state index contributed by atoms with van der Waals surface area (Å²) in [5, 5.41) is 0. The topological polar surface area (TPSA) is 38.7 Å². The first-order valence-corrected chi connectivity index (χ1v) is 14.2. The van der Waals surface area contributed by atoms with Gasteiger partial charge in [0.05, 0.1) is 0 Å². The van der Waals surface area contributed by atoms with Crippen molar-refractivity contribution in [2.24, 2.45) is 0 Å². The van der Waals surface area contributed by atoms with Gasteiger partial charge in [0, 0.05) is 18.6 Å². The zero-order valence-electron chi connectivity index (χ0n) is 20.9. The third kappa shape index (κ3) is 10.3. The monoisotopic (exact) mass is 889 g/mol. The van der Waals surface area contributed by atoms with E-state index in [1.165, 1.54) is 0 Å². The number of rotatable bonds is 3. The molecule has 0 unspecified atom stereocenters. The molecule has 0 radical (unpaired) electrons. The fourth-order valence-electron chi connectivity index (χ4n) is 3.33. The smallest absolute Gasteiger partial charge is 0.305 e. The molecule has 3 heterocycles. The zero-order chi connectivity index (χ0) is 27.3. The van der Waals surface area contributed by atoms with Crippen LogP contribution in [0.25, 0.3) is 33.8 Å². The minimum Gasteiger partial charge on any atom is -0.305 e. The van der Waals surface area contributed by atoms with Crippen molar-refractivity contribution in [2.75, 3.05) is 0 Å². The molecular formula is C33H21Br3IrN3. The Balaban J connectivity index is 0.000000163. The van der Waals surface area contributed by atoms with Crippen LogP contribution in [-0.2, 0) is 20.1 Å². The Hall–Kier alpha value is -2.80. The van der Waals surface area contributed by atoms with E-state index in [2.05, 4.69) is 80.9 Å². The standard InChI is InChI=1S/3C11H7BrN.Ir/c3*12-10-5-3-4-9(8-10)11-6-1-2-7-13-11;/h3*1-3,5-8H;/q3*-1;+3. The third-order valence-electron chi connectivity index (χ3n) is 5.11. The molecule has 0 bridgehead atoms. The number of benzene rings is 3. The van der Waals surface area contributed by atoms with E-state index in [1.54, 1.807) is 18.6 Å². The van der Waals surface area contributed by atoms with E-state index in [4.69, 9.17) is 0 Å². The van der Waals surface area contributed by atoms with Crippen LogP contribution in [0.3, 0.4) is 0 Å². The minimum absolute atomic E-state index is 0. The van der Waals surface area contributed by atoms with E-state index in [0.29, 0.717) is 0 Å². The normalized spacial score (nSPS) is 9.68. The van der Waals surface area contributed by atoms with Gasteiger partial charge < -0.3 is 15.0 Å². The Kier molecular flexibility index (Phi) is 13.6. The van der Waals surface area contributed by atoms with E-state index >= 15 is 0 Å². The molecule has 0 N–H and O–H groups in total. The van der Waals surface area contributed by atoms with Gasteiger partial charge in [-0.1, -0.05) is 97.6 Å². The van der Waals surface area contributed by atoms with Crippen molar-refractivity contribution in [2.45, 2.75) is 0 Å². The average Bonchev–Trinajstić information content (AvgIpc) is 2.99. The molecule has 0 saturated heterocycles. The Morgan fingerprint density at radius 3 is 0.950 bits per heavy atom. The molecule has 198 valence electrons. The molecule has 3 aromatic carbocycles. The Bertz CT molecular complexity index is 1390. The SMILES string of the molecule is Brc1cc[c-]c(-c2ccccn2)c1.Brc1cc[c-]c(-c2ccccn2)c1.Brc1cc[c-]c(-c2ccccn2)c1.[Ir+3]. The summed E-state index contributed by atoms with van der Waals surface area (Å²) in [7, 11) is 0. The van der Waals surface area contributed by atoms with Crippen LogP contribution in [0, 0.1) is 18.2 Å². The van der Waals surface area contributed by atoms with Crippen molar-refractivity contribution in [3.8, 4) is 33.8 Å². The van der Waals surface area contributed by atoms with E-state index in [9.17, 15) is 0 Å². The second-order valence-electron chi connectivity index (χ2n) is 7.91. The molecule has 0 aliphatic heterocycles. The van der Waals surface area contributed by atoms with Crippen LogP contribution in [0.1, 0.15) is 0 Å². The number of hydrogen-bond donors (Lipinski definition) is 0. The van der Waals surface area contributed by atoms with Crippen molar-refractivity contribution in [3.05, 3.63) is 159 Å². The van der Waals surface area contributed by atoms with Gasteiger partial charge in [-0.2, -0.15) is 0 Å². The molecule has 40 heavy (non-hydrogen) atoms. The molecule has 6 rings (SSSR count). The molecule has 0 fully saturated rings. The second-order valence-corrected chi connectivity index (χ2v) is 10.7. The molecule has 0 aliphatic carbocycles. The maximum Gasteiger partial charge on any atom is 3.00 e. The van der Waals surface area contributed by atoms with Crippen LogP contribution >= 0.6 is 47.8 Å². The Morgan fingerprint density at radius 1 is 0.425 bits per heavy atom. The maximum absolute atomic E-state index is 4.24. The third-order valence-corrected chi connectivity index (χ3v) is 6.59. The molecule has 0 atom stereocenters. The molecular weight excluding hydrogens is 870 g/mol. The summed E-state index contributed by atoms with van der Waals surface area (Å²) in [5.74, 6) is 0. The fraction of sp³-hybridized carbons (Fsp3) is 0. The van der Waals surface area contributed by atoms with Crippen LogP contribution in [0.2, 0.25) is 0 Å². The van der Waals surface area contributed by atoms with Crippen LogP contribution in [0.4, 0.5) is 0 Å². The maximum atomic E-state index is 4.24. The van der Waals surface area contributed by atoms with Gasteiger partial charge in [-0.15, -0.1) is 89.5 Å². The van der Waals surface area contributed by atoms with Gasteiger partial charge in [0.15, 0.2) is 0 Å². The molecule has 3 aromatic heterocycles. The molecule has 0 aliphatic rings. The Labute approximate surface area is 273 Å². The van der Waals surface area contributed by atoms with Crippen LogP contribution in [-0.4, -0.2) is 15.0 Å². The number of pyridine rings is 3.